The van der Waals surface area contributed by atoms with E-state index >= 15 is 0 Å². The second-order valence-electron chi connectivity index (χ2n) is 21.1. The van der Waals surface area contributed by atoms with Crippen molar-refractivity contribution in [2.24, 2.45) is 23.7 Å². The van der Waals surface area contributed by atoms with Gasteiger partial charge in [0, 0.05) is 71.8 Å². The van der Waals surface area contributed by atoms with Gasteiger partial charge in [0.15, 0.2) is 0 Å². The van der Waals surface area contributed by atoms with Crippen LogP contribution in [-0.4, -0.2) is 93.4 Å². The molecule has 0 radical (unpaired) electrons. The number of rotatable bonds is 12. The Hall–Kier alpha value is -5.94. The SMILES string of the molecule is C=C[C@H]1C[N+]2(Cc3cccc(C[N+]45CC[C@@H](C[C@H]4[C@H](O)c4ccnc6ccccc46)[C@@H](C=C)C5)c3)CC[C@H]1C[C@H]2[C@H](O)c1ccnc2ccccc12.Cc1ccc(S(=O)(=O)[O-])cc1.Cc1ccc(S(=O)(=O)[O-])cc1. The van der Waals surface area contributed by atoms with Crippen molar-refractivity contribution in [1.82, 2.24) is 9.97 Å². The molecule has 5 aromatic carbocycles. The number of aliphatic hydroxyl groups excluding tert-OH is 2. The molecule has 6 fully saturated rings. The van der Waals surface area contributed by atoms with Crippen LogP contribution in [0.5, 0.6) is 0 Å². The van der Waals surface area contributed by atoms with E-state index in [0.717, 1.165) is 105 Å². The predicted molar refractivity (Wildman–Crippen MR) is 286 cm³/mol. The molecule has 10 atom stereocenters. The number of piperidine rings is 6. The molecule has 6 aliphatic rings. The lowest BCUT2D eigenvalue weighted by Crippen LogP contribution is -2.67. The van der Waals surface area contributed by atoms with Crippen LogP contribution in [-0.2, 0) is 33.3 Å². The molecule has 0 saturated carbocycles. The molecule has 2 unspecified atom stereocenters. The van der Waals surface area contributed by atoms with Crippen molar-refractivity contribution in [3.63, 3.8) is 0 Å². The van der Waals surface area contributed by atoms with Crippen LogP contribution in [0.2, 0.25) is 0 Å². The van der Waals surface area contributed by atoms with Gasteiger partial charge < -0.3 is 28.3 Å². The van der Waals surface area contributed by atoms with Crippen molar-refractivity contribution in [3.8, 4) is 0 Å². The van der Waals surface area contributed by atoms with E-state index in [1.807, 2.05) is 74.8 Å². The molecular formula is C60H66N4O8S2. The van der Waals surface area contributed by atoms with Crippen LogP contribution in [0.25, 0.3) is 21.8 Å². The first-order valence-corrected chi connectivity index (χ1v) is 28.3. The third-order valence-corrected chi connectivity index (χ3v) is 18.4. The summed E-state index contributed by atoms with van der Waals surface area (Å²) in [5.41, 5.74) is 8.39. The standard InChI is InChI=1S/C46H52N4O2.2C7H8O3S/c1-3-33-29-49(22-18-35(33)25-43(49)45(51)39-16-20-47-41-14-7-5-12-37(39)41)27-31-10-9-11-32(24-31)28-50-23-19-36(34(4-2)30-50)26-44(50)46(52)40-17-21-48-42-15-8-6-13-38(40)42;2*1-6-2-4-7(5-3-6)11(8,9)10/h3-17,20-21,24,33-36,43-46,51-52H,1-2,18-19,22-23,25-30H2;2*2-5H,1H3,(H,8,9,10)/q+2;;/p-2/t33-,34-,35-,36-,43-,44-,45+,46+,49?,50?;;/m0../s1. The zero-order chi connectivity index (χ0) is 52.4. The van der Waals surface area contributed by atoms with Crippen molar-refractivity contribution in [3.05, 3.63) is 205 Å². The lowest BCUT2D eigenvalue weighted by atomic mass is 9.71. The minimum Gasteiger partial charge on any atom is -0.744 e. The quantitative estimate of drug-likeness (QED) is 0.0679. The lowest BCUT2D eigenvalue weighted by Gasteiger charge is -2.58. The topological polar surface area (TPSA) is 181 Å². The Bertz CT molecular complexity index is 3140. The summed E-state index contributed by atoms with van der Waals surface area (Å²) in [6.45, 7) is 18.1. The van der Waals surface area contributed by atoms with E-state index in [4.69, 9.17) is 0 Å². The molecule has 0 spiro atoms. The number of hydrogen-bond acceptors (Lipinski definition) is 10. The molecule has 0 aliphatic carbocycles. The summed E-state index contributed by atoms with van der Waals surface area (Å²) in [5.74, 6) is 2.05. The molecule has 14 heteroatoms. The highest BCUT2D eigenvalue weighted by Crippen LogP contribution is 2.50. The second kappa shape index (κ2) is 21.7. The van der Waals surface area contributed by atoms with Crippen LogP contribution in [0.1, 0.15) is 71.3 Å². The van der Waals surface area contributed by atoms with Crippen molar-refractivity contribution in [1.29, 1.82) is 0 Å². The Balaban J connectivity index is 0.000000252. The van der Waals surface area contributed by atoms with Crippen LogP contribution in [0.3, 0.4) is 0 Å². The Morgan fingerprint density at radius 1 is 0.581 bits per heavy atom. The van der Waals surface area contributed by atoms with Gasteiger partial charge in [-0.25, -0.2) is 16.8 Å². The highest BCUT2D eigenvalue weighted by atomic mass is 32.2. The number of benzene rings is 5. The van der Waals surface area contributed by atoms with E-state index in [2.05, 4.69) is 71.7 Å². The third-order valence-electron chi connectivity index (χ3n) is 16.7. The summed E-state index contributed by atoms with van der Waals surface area (Å²) < 4.78 is 64.1. The van der Waals surface area contributed by atoms with E-state index in [9.17, 15) is 36.2 Å². The molecule has 74 heavy (non-hydrogen) atoms. The predicted octanol–water partition coefficient (Wildman–Crippen LogP) is 9.87. The van der Waals surface area contributed by atoms with Crippen LogP contribution < -0.4 is 0 Å². The maximum atomic E-state index is 12.3. The average molecular weight is 1040 g/mol. The fourth-order valence-electron chi connectivity index (χ4n) is 12.9. The first kappa shape index (κ1) is 52.9. The minimum atomic E-state index is -4.27. The smallest absolute Gasteiger partial charge is 0.131 e. The van der Waals surface area contributed by atoms with Crippen LogP contribution in [0, 0.1) is 37.5 Å². The fourth-order valence-corrected chi connectivity index (χ4v) is 13.8. The maximum Gasteiger partial charge on any atom is 0.131 e. The number of aryl methyl sites for hydroxylation is 2. The van der Waals surface area contributed by atoms with E-state index < -0.39 is 32.4 Å². The van der Waals surface area contributed by atoms with Gasteiger partial charge >= 0.3 is 0 Å². The minimum absolute atomic E-state index is 0.107. The van der Waals surface area contributed by atoms with Gasteiger partial charge in [0.05, 0.1) is 47.0 Å². The monoisotopic (exact) mass is 1030 g/mol. The van der Waals surface area contributed by atoms with Gasteiger partial charge in [0.2, 0.25) is 0 Å². The first-order chi connectivity index (χ1) is 35.4. The second-order valence-corrected chi connectivity index (χ2v) is 23.9. The third kappa shape index (κ3) is 11.2. The first-order valence-electron chi connectivity index (χ1n) is 25.5. The van der Waals surface area contributed by atoms with Crippen molar-refractivity contribution >= 4 is 42.0 Å². The molecule has 7 aromatic rings. The summed E-state index contributed by atoms with van der Waals surface area (Å²) in [6, 6.07) is 41.6. The molecule has 6 saturated heterocycles. The number of hydrogen-bond donors (Lipinski definition) is 2. The molecule has 12 nitrogen and oxygen atoms in total. The van der Waals surface area contributed by atoms with Crippen LogP contribution in [0.4, 0.5) is 0 Å². The van der Waals surface area contributed by atoms with Gasteiger partial charge in [-0.2, -0.15) is 0 Å². The molecule has 8 heterocycles. The molecular weight excluding hydrogens is 969 g/mol. The molecule has 2 N–H and O–H groups in total. The van der Waals surface area contributed by atoms with E-state index in [-0.39, 0.29) is 21.9 Å². The van der Waals surface area contributed by atoms with Crippen LogP contribution >= 0.6 is 0 Å². The van der Waals surface area contributed by atoms with Gasteiger partial charge in [-0.1, -0.05) is 102 Å². The van der Waals surface area contributed by atoms with Gasteiger partial charge in [-0.15, -0.1) is 13.2 Å². The number of fused-ring (bicyclic) bond motifs is 8. The highest BCUT2D eigenvalue weighted by molar-refractivity contribution is 7.86. The molecule has 0 amide bonds. The summed E-state index contributed by atoms with van der Waals surface area (Å²) >= 11 is 0. The zero-order valence-corrected chi connectivity index (χ0v) is 43.7. The van der Waals surface area contributed by atoms with E-state index in [1.165, 1.54) is 48.2 Å². The van der Waals surface area contributed by atoms with Gasteiger partial charge in [0.1, 0.15) is 57.6 Å². The number of aromatic nitrogens is 2. The fraction of sp³-hybridized carbons (Fsp3) is 0.333. The highest BCUT2D eigenvalue weighted by Gasteiger charge is 2.55. The number of aliphatic hydroxyl groups is 2. The Kier molecular flexibility index (Phi) is 15.5. The zero-order valence-electron chi connectivity index (χ0n) is 42.1. The molecule has 4 bridgehead atoms. The molecule has 2 aromatic heterocycles. The Labute approximate surface area is 436 Å². The summed E-state index contributed by atoms with van der Waals surface area (Å²) in [4.78, 5) is 8.85. The lowest BCUT2D eigenvalue weighted by molar-refractivity contribution is -0.985. The van der Waals surface area contributed by atoms with Crippen LogP contribution in [0.15, 0.2) is 181 Å². The van der Waals surface area contributed by atoms with E-state index in [1.54, 1.807) is 24.3 Å². The number of nitrogens with zero attached hydrogens (tertiary/aromatic N) is 4. The Morgan fingerprint density at radius 2 is 0.973 bits per heavy atom. The van der Waals surface area contributed by atoms with Crippen molar-refractivity contribution in [2.45, 2.75) is 86.7 Å². The average Bonchev–Trinajstić information content (AvgIpc) is 3.40. The summed E-state index contributed by atoms with van der Waals surface area (Å²) in [5, 5.41) is 26.7. The normalized spacial score (nSPS) is 26.0. The number of pyridine rings is 2. The van der Waals surface area contributed by atoms with Gasteiger partial charge in [-0.05, 0) is 91.4 Å². The molecule has 6 aliphatic heterocycles. The Morgan fingerprint density at radius 3 is 1.35 bits per heavy atom. The summed E-state index contributed by atoms with van der Waals surface area (Å²) in [7, 11) is -8.54. The molecule has 386 valence electrons. The van der Waals surface area contributed by atoms with Crippen molar-refractivity contribution < 1.29 is 45.1 Å². The largest absolute Gasteiger partial charge is 0.744 e. The maximum absolute atomic E-state index is 12.3. The van der Waals surface area contributed by atoms with Gasteiger partial charge in [0.25, 0.3) is 0 Å². The number of quaternary nitrogens is 2. The van der Waals surface area contributed by atoms with Gasteiger partial charge in [-0.3, -0.25) is 9.97 Å². The number of para-hydroxylation sites is 2. The van der Waals surface area contributed by atoms with E-state index in [0.29, 0.717) is 23.7 Å². The summed E-state index contributed by atoms with van der Waals surface area (Å²) in [6.07, 6.45) is 11.3. The van der Waals surface area contributed by atoms with Crippen molar-refractivity contribution in [2.75, 3.05) is 26.2 Å². The molecule has 13 rings (SSSR count).